The summed E-state index contributed by atoms with van der Waals surface area (Å²) in [6.07, 6.45) is 0. The van der Waals surface area contributed by atoms with Crippen LogP contribution in [-0.2, 0) is 18.4 Å². The molecule has 5 heteroatoms. The Morgan fingerprint density at radius 3 is 2.36 bits per heavy atom. The summed E-state index contributed by atoms with van der Waals surface area (Å²) >= 11 is 0. The van der Waals surface area contributed by atoms with Gasteiger partial charge in [-0.25, -0.2) is 0 Å². The molecule has 1 aromatic heterocycles. The van der Waals surface area contributed by atoms with Gasteiger partial charge in [-0.15, -0.1) is 0 Å². The number of nitrogens with zero attached hydrogens (tertiary/aromatic N) is 1. The lowest BCUT2D eigenvalue weighted by molar-refractivity contribution is -0.120. The monoisotopic (exact) mass is 299 g/mol. The maximum absolute atomic E-state index is 11.8. The second-order valence-corrected chi connectivity index (χ2v) is 5.28. The van der Waals surface area contributed by atoms with Crippen LogP contribution in [0.4, 0.5) is 0 Å². The summed E-state index contributed by atoms with van der Waals surface area (Å²) in [5.41, 5.74) is 3.91. The van der Waals surface area contributed by atoms with Gasteiger partial charge in [0.05, 0.1) is 6.54 Å². The highest BCUT2D eigenvalue weighted by Crippen LogP contribution is 2.12. The molecule has 2 amide bonds. The van der Waals surface area contributed by atoms with Gasteiger partial charge in [-0.1, -0.05) is 18.2 Å². The van der Waals surface area contributed by atoms with Crippen LogP contribution in [0.2, 0.25) is 0 Å². The molecule has 0 atom stereocenters. The van der Waals surface area contributed by atoms with Crippen molar-refractivity contribution in [2.45, 2.75) is 20.4 Å². The highest BCUT2D eigenvalue weighted by atomic mass is 16.2. The minimum absolute atomic E-state index is 0.0292. The Labute approximate surface area is 130 Å². The molecule has 0 aliphatic heterocycles. The van der Waals surface area contributed by atoms with Gasteiger partial charge in [-0.3, -0.25) is 9.59 Å². The topological polar surface area (TPSA) is 63.1 Å². The molecule has 0 saturated heterocycles. The maximum atomic E-state index is 11.8. The van der Waals surface area contributed by atoms with Crippen molar-refractivity contribution in [3.8, 4) is 0 Å². The Kier molecular flexibility index (Phi) is 4.99. The summed E-state index contributed by atoms with van der Waals surface area (Å²) in [4.78, 5) is 23.7. The smallest absolute Gasteiger partial charge is 0.251 e. The van der Waals surface area contributed by atoms with Crippen LogP contribution in [-0.4, -0.2) is 22.9 Å². The number of benzene rings is 1. The zero-order valence-corrected chi connectivity index (χ0v) is 13.1. The van der Waals surface area contributed by atoms with Gasteiger partial charge in [0.2, 0.25) is 5.91 Å². The number of rotatable bonds is 5. The van der Waals surface area contributed by atoms with Gasteiger partial charge in [-0.2, -0.15) is 0 Å². The number of aromatic nitrogens is 1. The number of nitrogens with one attached hydrogen (secondary N) is 2. The zero-order valence-electron chi connectivity index (χ0n) is 13.1. The molecule has 2 aromatic rings. The van der Waals surface area contributed by atoms with Gasteiger partial charge in [0.15, 0.2) is 0 Å². The first kappa shape index (κ1) is 15.8. The molecule has 0 fully saturated rings. The Balaban J connectivity index is 1.81. The van der Waals surface area contributed by atoms with Crippen molar-refractivity contribution < 1.29 is 9.59 Å². The van der Waals surface area contributed by atoms with E-state index >= 15 is 0 Å². The predicted octanol–water partition coefficient (Wildman–Crippen LogP) is 1.69. The minimum Gasteiger partial charge on any atom is -0.352 e. The first-order valence-electron chi connectivity index (χ1n) is 7.20. The highest BCUT2D eigenvalue weighted by molar-refractivity contribution is 5.96. The normalized spacial score (nSPS) is 10.3. The summed E-state index contributed by atoms with van der Waals surface area (Å²) in [5.74, 6) is -0.451. The average molecular weight is 299 g/mol. The zero-order chi connectivity index (χ0) is 16.1. The minimum atomic E-state index is -0.248. The van der Waals surface area contributed by atoms with Crippen LogP contribution in [0.3, 0.4) is 0 Å². The maximum Gasteiger partial charge on any atom is 0.251 e. The van der Waals surface area contributed by atoms with Crippen LogP contribution in [0.15, 0.2) is 36.4 Å². The third kappa shape index (κ3) is 3.75. The van der Waals surface area contributed by atoms with E-state index in [1.54, 1.807) is 24.3 Å². The molecule has 22 heavy (non-hydrogen) atoms. The van der Waals surface area contributed by atoms with Crippen LogP contribution < -0.4 is 10.6 Å². The Hall–Kier alpha value is -2.56. The van der Waals surface area contributed by atoms with Crippen molar-refractivity contribution in [3.63, 3.8) is 0 Å². The lowest BCUT2D eigenvalue weighted by atomic mass is 10.2. The van der Waals surface area contributed by atoms with Crippen LogP contribution in [0.1, 0.15) is 27.3 Å². The summed E-state index contributed by atoms with van der Waals surface area (Å²) in [6, 6.07) is 10.9. The molecule has 0 saturated carbocycles. The third-order valence-corrected chi connectivity index (χ3v) is 3.80. The van der Waals surface area contributed by atoms with E-state index in [1.165, 1.54) is 0 Å². The number of aryl methyl sites for hydroxylation is 1. The number of hydrogen-bond acceptors (Lipinski definition) is 2. The average Bonchev–Trinajstić information content (AvgIpc) is 2.78. The van der Waals surface area contributed by atoms with Crippen molar-refractivity contribution in [1.82, 2.24) is 15.2 Å². The third-order valence-electron chi connectivity index (χ3n) is 3.80. The Bertz CT molecular complexity index is 675. The Morgan fingerprint density at radius 2 is 1.77 bits per heavy atom. The van der Waals surface area contributed by atoms with Crippen LogP contribution in [0.5, 0.6) is 0 Å². The molecule has 1 aromatic carbocycles. The summed E-state index contributed by atoms with van der Waals surface area (Å²) in [7, 11) is 2.00. The van der Waals surface area contributed by atoms with Gasteiger partial charge in [0.1, 0.15) is 0 Å². The number of hydrogen-bond donors (Lipinski definition) is 2. The van der Waals surface area contributed by atoms with Crippen molar-refractivity contribution >= 4 is 11.8 Å². The Morgan fingerprint density at radius 1 is 1.09 bits per heavy atom. The molecule has 0 aliphatic rings. The largest absolute Gasteiger partial charge is 0.352 e. The van der Waals surface area contributed by atoms with Crippen molar-refractivity contribution in [2.75, 3.05) is 6.54 Å². The van der Waals surface area contributed by atoms with E-state index in [4.69, 9.17) is 0 Å². The van der Waals surface area contributed by atoms with Gasteiger partial charge < -0.3 is 15.2 Å². The number of carbonyl (C=O) groups excluding carboxylic acids is 2. The lowest BCUT2D eigenvalue weighted by Crippen LogP contribution is -2.36. The van der Waals surface area contributed by atoms with E-state index in [0.717, 1.165) is 17.0 Å². The van der Waals surface area contributed by atoms with Crippen molar-refractivity contribution in [3.05, 3.63) is 58.9 Å². The van der Waals surface area contributed by atoms with Crippen LogP contribution >= 0.6 is 0 Å². The molecule has 0 aliphatic carbocycles. The molecule has 0 spiro atoms. The summed E-state index contributed by atoms with van der Waals surface area (Å²) in [5, 5.41) is 5.43. The van der Waals surface area contributed by atoms with Crippen LogP contribution in [0, 0.1) is 13.8 Å². The first-order valence-corrected chi connectivity index (χ1v) is 7.20. The number of amides is 2. The summed E-state index contributed by atoms with van der Waals surface area (Å²) < 4.78 is 2.08. The van der Waals surface area contributed by atoms with Gasteiger partial charge in [0.25, 0.3) is 5.91 Å². The highest BCUT2D eigenvalue weighted by Gasteiger charge is 2.09. The fraction of sp³-hybridized carbons (Fsp3) is 0.294. The molecular weight excluding hydrogens is 278 g/mol. The summed E-state index contributed by atoms with van der Waals surface area (Å²) in [6.45, 7) is 4.48. The van der Waals surface area contributed by atoms with Crippen LogP contribution in [0.25, 0.3) is 0 Å². The van der Waals surface area contributed by atoms with E-state index in [-0.39, 0.29) is 18.4 Å². The number of carbonyl (C=O) groups is 2. The second-order valence-electron chi connectivity index (χ2n) is 5.28. The second kappa shape index (κ2) is 6.93. The van der Waals surface area contributed by atoms with Gasteiger partial charge in [0, 0.05) is 30.5 Å². The molecule has 0 unspecified atom stereocenters. The van der Waals surface area contributed by atoms with E-state index in [2.05, 4.69) is 21.3 Å². The quantitative estimate of drug-likeness (QED) is 0.882. The molecule has 2 N–H and O–H groups in total. The van der Waals surface area contributed by atoms with E-state index in [9.17, 15) is 9.59 Å². The van der Waals surface area contributed by atoms with E-state index in [1.807, 2.05) is 27.0 Å². The standard InChI is InChI=1S/C17H21N3O2/c1-12-9-15(13(2)20(12)3)10-18-16(21)11-19-17(22)14-7-5-4-6-8-14/h4-9H,10-11H2,1-3H3,(H,18,21)(H,19,22). The van der Waals surface area contributed by atoms with E-state index in [0.29, 0.717) is 12.1 Å². The van der Waals surface area contributed by atoms with Gasteiger partial charge >= 0.3 is 0 Å². The molecule has 2 rings (SSSR count). The predicted molar refractivity (Wildman–Crippen MR) is 85.5 cm³/mol. The fourth-order valence-electron chi connectivity index (χ4n) is 2.22. The molecule has 116 valence electrons. The lowest BCUT2D eigenvalue weighted by Gasteiger charge is -2.07. The molecule has 5 nitrogen and oxygen atoms in total. The van der Waals surface area contributed by atoms with Crippen molar-refractivity contribution in [1.29, 1.82) is 0 Å². The molecule has 0 radical (unpaired) electrons. The van der Waals surface area contributed by atoms with Crippen molar-refractivity contribution in [2.24, 2.45) is 7.05 Å². The van der Waals surface area contributed by atoms with Gasteiger partial charge in [-0.05, 0) is 37.6 Å². The molecular formula is C17H21N3O2. The molecule has 1 heterocycles. The molecule has 0 bridgehead atoms. The fourth-order valence-corrected chi connectivity index (χ4v) is 2.22. The van der Waals surface area contributed by atoms with E-state index < -0.39 is 0 Å². The first-order chi connectivity index (χ1) is 10.5. The SMILES string of the molecule is Cc1cc(CNC(=O)CNC(=O)c2ccccc2)c(C)n1C.